The normalized spacial score (nSPS) is 16.6. The van der Waals surface area contributed by atoms with E-state index in [4.69, 9.17) is 1.37 Å². The SMILES string of the molecule is [2H]C1(c2cccc(C)c2-c2ccc(-c3ccccc3)c[n+]2C)CCCC1. The molecular weight excluding hydrogens is 302 g/mol. The van der Waals surface area contributed by atoms with Gasteiger partial charge in [-0.05, 0) is 48.4 Å². The second-order valence-electron chi connectivity index (χ2n) is 7.09. The molecule has 0 unspecified atom stereocenters. The van der Waals surface area contributed by atoms with Crippen molar-refractivity contribution in [2.24, 2.45) is 7.05 Å². The predicted octanol–water partition coefficient (Wildman–Crippen LogP) is 5.81. The first-order chi connectivity index (χ1) is 12.6. The maximum absolute atomic E-state index is 9.05. The molecule has 126 valence electrons. The highest BCUT2D eigenvalue weighted by Crippen LogP contribution is 2.40. The first kappa shape index (κ1) is 14.9. The lowest BCUT2D eigenvalue weighted by molar-refractivity contribution is -0.659. The lowest BCUT2D eigenvalue weighted by atomic mass is 9.88. The van der Waals surface area contributed by atoms with Gasteiger partial charge in [0.2, 0.25) is 5.69 Å². The van der Waals surface area contributed by atoms with Gasteiger partial charge in [0.25, 0.3) is 0 Å². The first-order valence-electron chi connectivity index (χ1n) is 9.74. The second kappa shape index (κ2) is 6.84. The largest absolute Gasteiger partial charge is 0.212 e. The zero-order chi connectivity index (χ0) is 18.1. The van der Waals surface area contributed by atoms with Crippen molar-refractivity contribution in [3.8, 4) is 22.4 Å². The number of pyridine rings is 1. The Morgan fingerprint density at radius 2 is 1.64 bits per heavy atom. The molecule has 0 radical (unpaired) electrons. The van der Waals surface area contributed by atoms with E-state index in [1.807, 2.05) is 6.07 Å². The lowest BCUT2D eigenvalue weighted by Gasteiger charge is -2.16. The molecule has 1 aliphatic carbocycles. The topological polar surface area (TPSA) is 3.88 Å². The van der Waals surface area contributed by atoms with Gasteiger partial charge in [0.1, 0.15) is 7.05 Å². The summed E-state index contributed by atoms with van der Waals surface area (Å²) in [5.74, 6) is -0.438. The summed E-state index contributed by atoms with van der Waals surface area (Å²) in [6.45, 7) is 2.17. The van der Waals surface area contributed by atoms with Gasteiger partial charge in [-0.1, -0.05) is 61.4 Å². The zero-order valence-corrected chi connectivity index (χ0v) is 15.1. The molecular formula is C24H26N+. The minimum atomic E-state index is -0.438. The van der Waals surface area contributed by atoms with E-state index in [0.717, 1.165) is 25.7 Å². The van der Waals surface area contributed by atoms with Gasteiger partial charge in [0.05, 0.1) is 5.56 Å². The van der Waals surface area contributed by atoms with Gasteiger partial charge in [-0.2, -0.15) is 0 Å². The summed E-state index contributed by atoms with van der Waals surface area (Å²) < 4.78 is 11.3. The Morgan fingerprint density at radius 3 is 2.36 bits per heavy atom. The molecule has 2 aromatic carbocycles. The van der Waals surface area contributed by atoms with E-state index in [0.29, 0.717) is 0 Å². The molecule has 1 saturated carbocycles. The Kier molecular flexibility index (Phi) is 4.07. The zero-order valence-electron chi connectivity index (χ0n) is 16.1. The highest BCUT2D eigenvalue weighted by Gasteiger charge is 2.24. The Hall–Kier alpha value is -2.41. The average molecular weight is 329 g/mol. The molecule has 0 saturated heterocycles. The summed E-state index contributed by atoms with van der Waals surface area (Å²) >= 11 is 0. The minimum absolute atomic E-state index is 0.438. The molecule has 0 aliphatic heterocycles. The highest BCUT2D eigenvalue weighted by molar-refractivity contribution is 5.69. The summed E-state index contributed by atoms with van der Waals surface area (Å²) in [6.07, 6.45) is 6.46. The molecule has 0 atom stereocenters. The Balaban J connectivity index is 1.84. The van der Waals surface area contributed by atoms with Gasteiger partial charge in [0.15, 0.2) is 6.20 Å². The fraction of sp³-hybridized carbons (Fsp3) is 0.292. The van der Waals surface area contributed by atoms with Gasteiger partial charge in [0, 0.05) is 13.0 Å². The summed E-state index contributed by atoms with van der Waals surface area (Å²) in [7, 11) is 2.11. The molecule has 1 aliphatic rings. The third-order valence-electron chi connectivity index (χ3n) is 5.36. The second-order valence-corrected chi connectivity index (χ2v) is 7.09. The van der Waals surface area contributed by atoms with Crippen LogP contribution in [0.5, 0.6) is 0 Å². The third-order valence-corrected chi connectivity index (χ3v) is 5.36. The first-order valence-corrected chi connectivity index (χ1v) is 9.24. The van der Waals surface area contributed by atoms with Crippen molar-refractivity contribution in [2.75, 3.05) is 0 Å². The molecule has 1 aromatic heterocycles. The Morgan fingerprint density at radius 1 is 0.880 bits per heavy atom. The van der Waals surface area contributed by atoms with Crippen molar-refractivity contribution in [1.82, 2.24) is 0 Å². The third kappa shape index (κ3) is 3.11. The molecule has 25 heavy (non-hydrogen) atoms. The molecule has 0 spiro atoms. The number of nitrogens with zero attached hydrogens (tertiary/aromatic N) is 1. The highest BCUT2D eigenvalue weighted by atomic mass is 14.9. The van der Waals surface area contributed by atoms with Gasteiger partial charge >= 0.3 is 0 Å². The van der Waals surface area contributed by atoms with Crippen LogP contribution in [0.1, 0.15) is 44.1 Å². The number of benzene rings is 2. The average Bonchev–Trinajstić information content (AvgIpc) is 3.10. The van der Waals surface area contributed by atoms with E-state index >= 15 is 0 Å². The van der Waals surface area contributed by atoms with Gasteiger partial charge < -0.3 is 0 Å². The van der Waals surface area contributed by atoms with Crippen LogP contribution in [0, 0.1) is 6.92 Å². The Labute approximate surface area is 152 Å². The van der Waals surface area contributed by atoms with E-state index < -0.39 is 5.89 Å². The number of rotatable bonds is 3. The molecule has 1 fully saturated rings. The summed E-state index contributed by atoms with van der Waals surface area (Å²) in [4.78, 5) is 0. The van der Waals surface area contributed by atoms with E-state index in [1.165, 1.54) is 33.5 Å². The standard InChI is InChI=1S/C24H26N/c1-18-9-8-14-22(20-12-6-7-13-20)24(18)23-16-15-21(17-25(23)2)19-10-4-3-5-11-19/h3-5,8-11,14-17,20H,6-7,12-13H2,1-2H3/q+1/i20D. The van der Waals surface area contributed by atoms with Crippen molar-refractivity contribution >= 4 is 0 Å². The van der Waals surface area contributed by atoms with Crippen molar-refractivity contribution in [3.05, 3.63) is 78.0 Å². The van der Waals surface area contributed by atoms with Crippen LogP contribution in [-0.4, -0.2) is 0 Å². The number of aromatic nitrogens is 1. The van der Waals surface area contributed by atoms with Crippen LogP contribution < -0.4 is 4.57 Å². The van der Waals surface area contributed by atoms with E-state index in [-0.39, 0.29) is 0 Å². The number of hydrogen-bond donors (Lipinski definition) is 0. The molecule has 0 N–H and O–H groups in total. The van der Waals surface area contributed by atoms with Crippen LogP contribution in [0.15, 0.2) is 66.9 Å². The maximum Gasteiger partial charge on any atom is 0.212 e. The van der Waals surface area contributed by atoms with Crippen molar-refractivity contribution < 1.29 is 5.94 Å². The minimum Gasteiger partial charge on any atom is -0.200 e. The van der Waals surface area contributed by atoms with E-state index in [9.17, 15) is 0 Å². The molecule has 1 heteroatoms. The fourth-order valence-electron chi connectivity index (χ4n) is 4.04. The monoisotopic (exact) mass is 329 g/mol. The Bertz CT molecular complexity index is 924. The van der Waals surface area contributed by atoms with E-state index in [2.05, 4.69) is 79.3 Å². The lowest BCUT2D eigenvalue weighted by Crippen LogP contribution is -2.31. The van der Waals surface area contributed by atoms with Crippen LogP contribution >= 0.6 is 0 Å². The van der Waals surface area contributed by atoms with Crippen molar-refractivity contribution in [3.63, 3.8) is 0 Å². The molecule has 1 nitrogen and oxygen atoms in total. The van der Waals surface area contributed by atoms with Crippen LogP contribution in [0.3, 0.4) is 0 Å². The van der Waals surface area contributed by atoms with Crippen LogP contribution in [0.25, 0.3) is 22.4 Å². The smallest absolute Gasteiger partial charge is 0.200 e. The molecule has 1 heterocycles. The predicted molar refractivity (Wildman–Crippen MR) is 104 cm³/mol. The van der Waals surface area contributed by atoms with Gasteiger partial charge in [-0.25, -0.2) is 4.57 Å². The fourth-order valence-corrected chi connectivity index (χ4v) is 4.04. The number of aryl methyl sites for hydroxylation is 2. The quantitative estimate of drug-likeness (QED) is 0.534. The molecule has 4 rings (SSSR count). The summed E-state index contributed by atoms with van der Waals surface area (Å²) in [6, 6.07) is 21.4. The molecule has 0 amide bonds. The van der Waals surface area contributed by atoms with Crippen molar-refractivity contribution in [1.29, 1.82) is 0 Å². The van der Waals surface area contributed by atoms with Crippen LogP contribution in [0.2, 0.25) is 0 Å². The summed E-state index contributed by atoms with van der Waals surface area (Å²) in [5, 5.41) is 0. The summed E-state index contributed by atoms with van der Waals surface area (Å²) in [5.41, 5.74) is 7.32. The van der Waals surface area contributed by atoms with Crippen LogP contribution in [0.4, 0.5) is 0 Å². The van der Waals surface area contributed by atoms with Gasteiger partial charge in [-0.3, -0.25) is 0 Å². The van der Waals surface area contributed by atoms with Gasteiger partial charge in [-0.15, -0.1) is 0 Å². The molecule has 0 bridgehead atoms. The van der Waals surface area contributed by atoms with Crippen LogP contribution in [-0.2, 0) is 7.05 Å². The maximum atomic E-state index is 9.05. The molecule has 3 aromatic rings. The number of hydrogen-bond acceptors (Lipinski definition) is 0. The van der Waals surface area contributed by atoms with E-state index in [1.54, 1.807) is 0 Å². The van der Waals surface area contributed by atoms with Crippen molar-refractivity contribution in [2.45, 2.75) is 38.5 Å².